The quantitative estimate of drug-likeness (QED) is 0.301. The molecule has 4 saturated heterocycles. The largest absolute Gasteiger partial charge is 0.477 e. The fraction of sp³-hybridized carbons (Fsp3) is 0.486. The lowest BCUT2D eigenvalue weighted by molar-refractivity contribution is -0.110. The minimum atomic E-state index is -1.00. The number of carboxylic acid groups (broad SMARTS) is 1. The maximum absolute atomic E-state index is 11.3. The van der Waals surface area contributed by atoms with Crippen LogP contribution in [0.3, 0.4) is 0 Å². The molecule has 1 aliphatic carbocycles. The zero-order valence-corrected chi connectivity index (χ0v) is 25.9. The van der Waals surface area contributed by atoms with E-state index < -0.39 is 11.6 Å². The number of ether oxygens (including phenoxy) is 2. The van der Waals surface area contributed by atoms with Crippen molar-refractivity contribution >= 4 is 23.0 Å². The molecule has 10 nitrogen and oxygen atoms in total. The monoisotopic (exact) mass is 608 g/mol. The van der Waals surface area contributed by atoms with Crippen molar-refractivity contribution in [3.05, 3.63) is 83.6 Å². The lowest BCUT2D eigenvalue weighted by Gasteiger charge is -2.43. The van der Waals surface area contributed by atoms with Gasteiger partial charge >= 0.3 is 5.97 Å². The van der Waals surface area contributed by atoms with Crippen LogP contribution in [0.1, 0.15) is 60.0 Å². The van der Waals surface area contributed by atoms with E-state index >= 15 is 0 Å². The summed E-state index contributed by atoms with van der Waals surface area (Å²) in [7, 11) is 0. The minimum absolute atomic E-state index is 0.0747. The van der Waals surface area contributed by atoms with Crippen molar-refractivity contribution in [1.82, 2.24) is 19.6 Å². The van der Waals surface area contributed by atoms with Crippen LogP contribution in [0.2, 0.25) is 0 Å². The molecule has 10 heteroatoms. The van der Waals surface area contributed by atoms with Crippen molar-refractivity contribution < 1.29 is 19.4 Å². The van der Waals surface area contributed by atoms with Crippen LogP contribution >= 0.6 is 0 Å². The third-order valence-electron chi connectivity index (χ3n) is 10.9. The smallest absolute Gasteiger partial charge is 0.354 e. The van der Waals surface area contributed by atoms with Gasteiger partial charge in [-0.1, -0.05) is 37.3 Å². The summed E-state index contributed by atoms with van der Waals surface area (Å²) in [5.74, 6) is 0.494. The fourth-order valence-electron chi connectivity index (χ4n) is 8.09. The maximum atomic E-state index is 11.3. The number of carboxylic acids is 1. The molecule has 2 bridgehead atoms. The van der Waals surface area contributed by atoms with E-state index in [4.69, 9.17) is 19.6 Å². The van der Waals surface area contributed by atoms with Gasteiger partial charge in [-0.05, 0) is 67.9 Å². The highest BCUT2D eigenvalue weighted by atomic mass is 16.5. The van der Waals surface area contributed by atoms with E-state index in [0.29, 0.717) is 12.5 Å². The topological polar surface area (TPSA) is 105 Å². The Balaban J connectivity index is 0.937. The van der Waals surface area contributed by atoms with Crippen molar-refractivity contribution in [1.29, 1.82) is 0 Å². The summed E-state index contributed by atoms with van der Waals surface area (Å²) in [6.45, 7) is 9.49. The number of fused-ring (bicyclic) bond motifs is 2. The molecule has 0 radical (unpaired) electrons. The third-order valence-corrected chi connectivity index (χ3v) is 10.9. The van der Waals surface area contributed by atoms with Gasteiger partial charge in [0.15, 0.2) is 11.5 Å². The van der Waals surface area contributed by atoms with Gasteiger partial charge in [-0.2, -0.15) is 0 Å². The van der Waals surface area contributed by atoms with Crippen molar-refractivity contribution in [2.45, 2.75) is 56.7 Å². The number of nitrogens with zero attached hydrogens (tertiary/aromatic N) is 6. The molecule has 1 aromatic carbocycles. The molecule has 5 aliphatic rings. The fourth-order valence-corrected chi connectivity index (χ4v) is 8.09. The van der Waals surface area contributed by atoms with E-state index in [-0.39, 0.29) is 23.1 Å². The number of rotatable bonds is 8. The molecule has 4 aliphatic heterocycles. The number of aromatic carboxylic acids is 1. The van der Waals surface area contributed by atoms with Crippen molar-refractivity contribution in [3.63, 3.8) is 0 Å². The Kier molecular flexibility index (Phi) is 6.83. The molecule has 3 unspecified atom stereocenters. The zero-order chi connectivity index (χ0) is 30.8. The van der Waals surface area contributed by atoms with Crippen LogP contribution in [-0.2, 0) is 20.5 Å². The molecule has 4 aromatic rings. The molecule has 4 atom stereocenters. The molecule has 7 heterocycles. The van der Waals surface area contributed by atoms with Gasteiger partial charge in [0.2, 0.25) is 0 Å². The van der Waals surface area contributed by atoms with Gasteiger partial charge in [0.1, 0.15) is 11.3 Å². The van der Waals surface area contributed by atoms with Gasteiger partial charge in [-0.15, -0.1) is 5.10 Å². The van der Waals surface area contributed by atoms with Crippen LogP contribution in [0, 0.1) is 18.8 Å². The predicted molar refractivity (Wildman–Crippen MR) is 170 cm³/mol. The Hall–Kier alpha value is -4.02. The van der Waals surface area contributed by atoms with Gasteiger partial charge in [-0.25, -0.2) is 19.3 Å². The second-order valence-electron chi connectivity index (χ2n) is 13.7. The average molecular weight is 609 g/mol. The molecule has 0 amide bonds. The molecule has 0 spiro atoms. The Morgan fingerprint density at radius 1 is 1.09 bits per heavy atom. The molecule has 234 valence electrons. The number of carbonyl (C=O) groups is 1. The molecular formula is C35H40N6O4. The number of aryl methyl sites for hydroxylation is 1. The first kappa shape index (κ1) is 28.5. The number of anilines is 2. The first-order valence-corrected chi connectivity index (χ1v) is 16.2. The van der Waals surface area contributed by atoms with Gasteiger partial charge < -0.3 is 24.4 Å². The van der Waals surface area contributed by atoms with Crippen LogP contribution in [-0.4, -0.2) is 76.2 Å². The number of aromatic nitrogens is 4. The van der Waals surface area contributed by atoms with E-state index in [2.05, 4.69) is 71.2 Å². The summed E-state index contributed by atoms with van der Waals surface area (Å²) >= 11 is 0. The van der Waals surface area contributed by atoms with Gasteiger partial charge in [-0.3, -0.25) is 0 Å². The highest BCUT2D eigenvalue weighted by Gasteiger charge is 2.64. The summed E-state index contributed by atoms with van der Waals surface area (Å²) in [5.41, 5.74) is 5.21. The second kappa shape index (κ2) is 10.8. The number of hydrogen-bond donors (Lipinski definition) is 1. The van der Waals surface area contributed by atoms with Gasteiger partial charge in [0.05, 0.1) is 31.2 Å². The molecule has 9 rings (SSSR count). The predicted octanol–water partition coefficient (Wildman–Crippen LogP) is 4.85. The molecule has 5 fully saturated rings. The van der Waals surface area contributed by atoms with Crippen LogP contribution < -0.4 is 9.80 Å². The number of benzene rings is 1. The highest BCUT2D eigenvalue weighted by molar-refractivity contribution is 5.86. The normalized spacial score (nSPS) is 28.1. The van der Waals surface area contributed by atoms with E-state index in [1.54, 1.807) is 12.3 Å². The number of piperidine rings is 1. The van der Waals surface area contributed by atoms with E-state index in [1.165, 1.54) is 11.3 Å². The average Bonchev–Trinajstić information content (AvgIpc) is 3.85. The summed E-state index contributed by atoms with van der Waals surface area (Å²) in [6.07, 6.45) is 7.72. The van der Waals surface area contributed by atoms with Crippen molar-refractivity contribution in [2.24, 2.45) is 11.8 Å². The van der Waals surface area contributed by atoms with Crippen LogP contribution in [0.15, 0.2) is 60.9 Å². The zero-order valence-electron chi connectivity index (χ0n) is 25.9. The summed E-state index contributed by atoms with van der Waals surface area (Å²) in [6, 6.07) is 16.6. The van der Waals surface area contributed by atoms with Gasteiger partial charge in [0, 0.05) is 49.4 Å². The van der Waals surface area contributed by atoms with E-state index in [1.807, 2.05) is 10.6 Å². The summed E-state index contributed by atoms with van der Waals surface area (Å²) in [5, 5.41) is 14.3. The Bertz CT molecular complexity index is 1730. The Morgan fingerprint density at radius 2 is 1.91 bits per heavy atom. The lowest BCUT2D eigenvalue weighted by atomic mass is 9.64. The standard InChI is InChI=1S/C35H40N6O4/c1-23-16-27(40-15-11-34(2,22-40)25-6-4-3-5-7-25)19-41-31(23)37-33(38-41)35-18-24(20-45-35)29(35)21-44-28-9-13-39(14-10-28)26-8-12-36-30(17-26)32(42)43/h3-8,12,16-17,19,24,28-29H,9-11,13-15,18,20-22H2,1-2H3,(H,42,43)/t24?,29?,34-,35?/m0/s1. The van der Waals surface area contributed by atoms with E-state index in [9.17, 15) is 9.90 Å². The van der Waals surface area contributed by atoms with Crippen molar-refractivity contribution in [2.75, 3.05) is 49.2 Å². The molecule has 1 saturated carbocycles. The summed E-state index contributed by atoms with van der Waals surface area (Å²) < 4.78 is 14.9. The minimum Gasteiger partial charge on any atom is -0.477 e. The maximum Gasteiger partial charge on any atom is 0.354 e. The van der Waals surface area contributed by atoms with Crippen molar-refractivity contribution in [3.8, 4) is 0 Å². The lowest BCUT2D eigenvalue weighted by Crippen LogP contribution is -2.49. The summed E-state index contributed by atoms with van der Waals surface area (Å²) in [4.78, 5) is 25.0. The van der Waals surface area contributed by atoms with Crippen LogP contribution in [0.25, 0.3) is 5.65 Å². The Labute approximate surface area is 263 Å². The molecule has 1 N–H and O–H groups in total. The molecule has 3 aromatic heterocycles. The SMILES string of the molecule is Cc1cc(N2CC[C@](C)(c3ccccc3)C2)cn2nc(C34CC(CO3)C4COC3CCN(c4ccnc(C(=O)O)c4)CC3)nc12. The first-order valence-electron chi connectivity index (χ1n) is 16.2. The molecule has 45 heavy (non-hydrogen) atoms. The van der Waals surface area contributed by atoms with E-state index in [0.717, 1.165) is 81.2 Å². The Morgan fingerprint density at radius 3 is 2.69 bits per heavy atom. The molecular weight excluding hydrogens is 568 g/mol. The van der Waals surface area contributed by atoms with Gasteiger partial charge in [0.25, 0.3) is 0 Å². The van der Waals surface area contributed by atoms with Crippen LogP contribution in [0.5, 0.6) is 0 Å². The number of hydrogen-bond acceptors (Lipinski definition) is 8. The number of pyridine rings is 2. The first-order chi connectivity index (χ1) is 21.8. The van der Waals surface area contributed by atoms with Crippen LogP contribution in [0.4, 0.5) is 11.4 Å². The third kappa shape index (κ3) is 4.86. The second-order valence-corrected chi connectivity index (χ2v) is 13.7. The highest BCUT2D eigenvalue weighted by Crippen LogP contribution is 2.59.